The van der Waals surface area contributed by atoms with Gasteiger partial charge in [-0.05, 0) is 36.4 Å². The van der Waals surface area contributed by atoms with E-state index in [0.717, 1.165) is 12.1 Å². The van der Waals surface area contributed by atoms with Gasteiger partial charge in [0.15, 0.2) is 18.2 Å². The van der Waals surface area contributed by atoms with Crippen LogP contribution in [0.3, 0.4) is 0 Å². The molecule has 0 saturated carbocycles. The smallest absolute Gasteiger partial charge is 0.338 e. The molecule has 120 valence electrons. The van der Waals surface area contributed by atoms with Gasteiger partial charge in [0, 0.05) is 5.02 Å². The maximum atomic E-state index is 13.0. The monoisotopic (exact) mass is 359 g/mol. The van der Waals surface area contributed by atoms with Crippen LogP contribution in [-0.4, -0.2) is 18.5 Å². The zero-order chi connectivity index (χ0) is 17.0. The molecule has 0 heterocycles. The van der Waals surface area contributed by atoms with Gasteiger partial charge in [-0.1, -0.05) is 23.2 Å². The van der Waals surface area contributed by atoms with E-state index in [4.69, 9.17) is 27.9 Å². The van der Waals surface area contributed by atoms with Crippen LogP contribution in [0.1, 0.15) is 10.4 Å². The van der Waals surface area contributed by atoms with Crippen molar-refractivity contribution >= 4 is 40.8 Å². The van der Waals surface area contributed by atoms with Crippen molar-refractivity contribution in [3.63, 3.8) is 0 Å². The minimum atomic E-state index is -1.19. The fourth-order valence-electron chi connectivity index (χ4n) is 1.62. The number of hydrogen-bond donors (Lipinski definition) is 1. The summed E-state index contributed by atoms with van der Waals surface area (Å²) >= 11 is 11.6. The largest absolute Gasteiger partial charge is 0.452 e. The molecule has 2 aromatic rings. The molecule has 0 radical (unpaired) electrons. The van der Waals surface area contributed by atoms with Crippen molar-refractivity contribution in [3.8, 4) is 0 Å². The Morgan fingerprint density at radius 1 is 1.04 bits per heavy atom. The quantitative estimate of drug-likeness (QED) is 0.837. The highest BCUT2D eigenvalue weighted by Crippen LogP contribution is 2.25. The molecule has 0 aliphatic carbocycles. The van der Waals surface area contributed by atoms with E-state index in [1.165, 1.54) is 12.1 Å². The number of hydrogen-bond acceptors (Lipinski definition) is 3. The second-order valence-corrected chi connectivity index (χ2v) is 5.22. The molecule has 0 unspecified atom stereocenters. The first-order valence-electron chi connectivity index (χ1n) is 6.24. The number of benzene rings is 2. The first kappa shape index (κ1) is 17.2. The summed E-state index contributed by atoms with van der Waals surface area (Å²) in [4.78, 5) is 23.4. The maximum Gasteiger partial charge on any atom is 0.338 e. The van der Waals surface area contributed by atoms with Crippen LogP contribution in [0.4, 0.5) is 14.5 Å². The normalized spacial score (nSPS) is 10.3. The van der Waals surface area contributed by atoms with Crippen LogP contribution in [0.2, 0.25) is 10.0 Å². The molecule has 0 saturated heterocycles. The fraction of sp³-hybridized carbons (Fsp3) is 0.0667. The zero-order valence-corrected chi connectivity index (χ0v) is 12.9. The van der Waals surface area contributed by atoms with E-state index in [1.807, 2.05) is 0 Å². The fourth-order valence-corrected chi connectivity index (χ4v) is 1.95. The van der Waals surface area contributed by atoms with Crippen molar-refractivity contribution in [2.45, 2.75) is 0 Å². The third-order valence-electron chi connectivity index (χ3n) is 2.69. The van der Waals surface area contributed by atoms with Crippen LogP contribution in [0, 0.1) is 11.6 Å². The molecular weight excluding hydrogens is 351 g/mol. The third-order valence-corrected chi connectivity index (χ3v) is 3.26. The van der Waals surface area contributed by atoms with E-state index in [-0.39, 0.29) is 16.3 Å². The number of halogens is 4. The van der Waals surface area contributed by atoms with Gasteiger partial charge in [-0.3, -0.25) is 4.79 Å². The molecule has 0 atom stereocenters. The Hall–Kier alpha value is -2.18. The Morgan fingerprint density at radius 2 is 1.78 bits per heavy atom. The van der Waals surface area contributed by atoms with E-state index in [0.29, 0.717) is 11.1 Å². The maximum absolute atomic E-state index is 13.0. The molecular formula is C15H9Cl2F2NO3. The predicted octanol–water partition coefficient (Wildman–Crippen LogP) is 4.07. The van der Waals surface area contributed by atoms with Crippen molar-refractivity contribution in [2.75, 3.05) is 11.9 Å². The average Bonchev–Trinajstić information content (AvgIpc) is 2.51. The third kappa shape index (κ3) is 4.64. The molecule has 0 aliphatic heterocycles. The summed E-state index contributed by atoms with van der Waals surface area (Å²) in [6.45, 7) is -0.624. The number of carbonyl (C=O) groups excluding carboxylic acids is 2. The lowest BCUT2D eigenvalue weighted by Crippen LogP contribution is -2.21. The number of nitrogens with one attached hydrogen (secondary N) is 1. The van der Waals surface area contributed by atoms with Gasteiger partial charge in [0.1, 0.15) is 0 Å². The SMILES string of the molecule is O=C(COC(=O)c1ccc(F)c(F)c1)Nc1cc(Cl)ccc1Cl. The second-order valence-electron chi connectivity index (χ2n) is 4.38. The number of ether oxygens (including phenoxy) is 1. The highest BCUT2D eigenvalue weighted by molar-refractivity contribution is 6.35. The molecule has 0 fully saturated rings. The summed E-state index contributed by atoms with van der Waals surface area (Å²) in [6, 6.07) is 6.99. The Kier molecular flexibility index (Phi) is 5.52. The van der Waals surface area contributed by atoms with E-state index in [9.17, 15) is 18.4 Å². The van der Waals surface area contributed by atoms with Crippen LogP contribution in [0.15, 0.2) is 36.4 Å². The topological polar surface area (TPSA) is 55.4 Å². The minimum Gasteiger partial charge on any atom is -0.452 e. The minimum absolute atomic E-state index is 0.211. The first-order chi connectivity index (χ1) is 10.9. The molecule has 0 spiro atoms. The van der Waals surface area contributed by atoms with Gasteiger partial charge in [-0.25, -0.2) is 13.6 Å². The van der Waals surface area contributed by atoms with Gasteiger partial charge < -0.3 is 10.1 Å². The molecule has 0 aliphatic rings. The average molecular weight is 360 g/mol. The zero-order valence-electron chi connectivity index (χ0n) is 11.4. The number of rotatable bonds is 4. The van der Waals surface area contributed by atoms with E-state index in [2.05, 4.69) is 5.32 Å². The lowest BCUT2D eigenvalue weighted by atomic mass is 10.2. The summed E-state index contributed by atoms with van der Waals surface area (Å²) in [5, 5.41) is 3.04. The van der Waals surface area contributed by atoms with Crippen LogP contribution >= 0.6 is 23.2 Å². The van der Waals surface area contributed by atoms with Crippen molar-refractivity contribution < 1.29 is 23.1 Å². The lowest BCUT2D eigenvalue weighted by Gasteiger charge is -2.08. The van der Waals surface area contributed by atoms with Crippen LogP contribution in [0.5, 0.6) is 0 Å². The first-order valence-corrected chi connectivity index (χ1v) is 6.99. The van der Waals surface area contributed by atoms with Crippen molar-refractivity contribution in [3.05, 3.63) is 63.6 Å². The molecule has 2 rings (SSSR count). The number of esters is 1. The molecule has 0 bridgehead atoms. The Labute approximate surface area is 140 Å². The van der Waals surface area contributed by atoms with Gasteiger partial charge in [0.05, 0.1) is 16.3 Å². The highest BCUT2D eigenvalue weighted by atomic mass is 35.5. The summed E-state index contributed by atoms with van der Waals surface area (Å²) in [6.07, 6.45) is 0. The number of anilines is 1. The molecule has 1 amide bonds. The van der Waals surface area contributed by atoms with Crippen molar-refractivity contribution in [2.24, 2.45) is 0 Å². The van der Waals surface area contributed by atoms with Gasteiger partial charge in [0.25, 0.3) is 5.91 Å². The van der Waals surface area contributed by atoms with E-state index < -0.39 is 30.1 Å². The molecule has 0 aromatic heterocycles. The standard InChI is InChI=1S/C15H9Cl2F2NO3/c16-9-2-3-10(17)13(6-9)20-14(21)7-23-15(22)8-1-4-11(18)12(19)5-8/h1-6H,7H2,(H,20,21). The van der Waals surface area contributed by atoms with Crippen LogP contribution in [0.25, 0.3) is 0 Å². The summed E-state index contributed by atoms with van der Waals surface area (Å²) < 4.78 is 30.5. The Balaban J connectivity index is 1.94. The number of carbonyl (C=O) groups is 2. The highest BCUT2D eigenvalue weighted by Gasteiger charge is 2.13. The van der Waals surface area contributed by atoms with Crippen molar-refractivity contribution in [1.29, 1.82) is 0 Å². The summed E-state index contributed by atoms with van der Waals surface area (Å²) in [5.41, 5.74) is 0.0468. The summed E-state index contributed by atoms with van der Waals surface area (Å²) in [5.74, 6) is -3.90. The Morgan fingerprint density at radius 3 is 2.48 bits per heavy atom. The molecule has 2 aromatic carbocycles. The van der Waals surface area contributed by atoms with E-state index in [1.54, 1.807) is 6.07 Å². The Bertz CT molecular complexity index is 768. The molecule has 23 heavy (non-hydrogen) atoms. The van der Waals surface area contributed by atoms with Gasteiger partial charge in [-0.2, -0.15) is 0 Å². The number of amides is 1. The van der Waals surface area contributed by atoms with Gasteiger partial charge >= 0.3 is 5.97 Å². The molecule has 1 N–H and O–H groups in total. The van der Waals surface area contributed by atoms with Crippen LogP contribution in [-0.2, 0) is 9.53 Å². The summed E-state index contributed by atoms with van der Waals surface area (Å²) in [7, 11) is 0. The lowest BCUT2D eigenvalue weighted by molar-refractivity contribution is -0.119. The second kappa shape index (κ2) is 7.39. The van der Waals surface area contributed by atoms with Crippen molar-refractivity contribution in [1.82, 2.24) is 0 Å². The molecule has 8 heteroatoms. The van der Waals surface area contributed by atoms with E-state index >= 15 is 0 Å². The molecule has 4 nitrogen and oxygen atoms in total. The van der Waals surface area contributed by atoms with Gasteiger partial charge in [0.2, 0.25) is 0 Å². The van der Waals surface area contributed by atoms with Crippen LogP contribution < -0.4 is 5.32 Å². The van der Waals surface area contributed by atoms with Gasteiger partial charge in [-0.15, -0.1) is 0 Å². The predicted molar refractivity (Wildman–Crippen MR) is 81.7 cm³/mol.